The molecular formula is C7H22. The van der Waals surface area contributed by atoms with Crippen molar-refractivity contribution in [2.75, 3.05) is 0 Å². The molecule has 0 N–H and O–H groups in total. The van der Waals surface area contributed by atoms with E-state index in [4.69, 9.17) is 0 Å². The van der Waals surface area contributed by atoms with Crippen molar-refractivity contribution in [3.8, 4) is 12.8 Å². The Morgan fingerprint density at radius 2 is 0.429 bits per heavy atom. The Morgan fingerprint density at radius 3 is 0.429 bits per heavy atom. The highest BCUT2D eigenvalue weighted by molar-refractivity contribution is 4.47. The van der Waals surface area contributed by atoms with E-state index in [2.05, 4.69) is 12.8 Å². The molecule has 0 aliphatic heterocycles. The summed E-state index contributed by atoms with van der Waals surface area (Å²) in [4.78, 5) is 0. The van der Waals surface area contributed by atoms with Crippen LogP contribution in [0.15, 0.2) is 0 Å². The monoisotopic (exact) mass is 106 g/mol. The third-order valence-corrected chi connectivity index (χ3v) is 0. The lowest BCUT2D eigenvalue weighted by Crippen LogP contribution is -0.576. The van der Waals surface area contributed by atoms with Gasteiger partial charge in [-0.3, -0.25) is 0 Å². The van der Waals surface area contributed by atoms with Crippen LogP contribution < -0.4 is 0 Å². The summed E-state index contributed by atoms with van der Waals surface area (Å²) < 4.78 is 0. The predicted molar refractivity (Wildman–Crippen MR) is 43.5 cm³/mol. The molecule has 0 nitrogen and oxygen atoms in total. The Bertz CT molecular complexity index is 4.75. The molecule has 7 heavy (non-hydrogen) atoms. The average Bonchev–Trinajstić information content (AvgIpc) is 1.00. The van der Waals surface area contributed by atoms with Gasteiger partial charge in [0.1, 0.15) is 0 Å². The highest BCUT2D eigenvalue weighted by Gasteiger charge is 0.454. The summed E-state index contributed by atoms with van der Waals surface area (Å²) in [6, 6.07) is 0. The topological polar surface area (TPSA) is 0 Å². The highest BCUT2D eigenvalue weighted by Crippen LogP contribution is 0.579. The van der Waals surface area contributed by atoms with Gasteiger partial charge in [-0.2, -0.15) is 0 Å². The van der Waals surface area contributed by atoms with Gasteiger partial charge in [-0.05, 0) is 0 Å². The maximum absolute atomic E-state index is 4.00. The van der Waals surface area contributed by atoms with E-state index in [0.29, 0.717) is 0 Å². The van der Waals surface area contributed by atoms with Crippen molar-refractivity contribution in [3.63, 3.8) is 0 Å². The quantitative estimate of drug-likeness (QED) is 0.415. The lowest BCUT2D eigenvalue weighted by atomic mass is 11.4. The van der Waals surface area contributed by atoms with Crippen molar-refractivity contribution in [3.05, 3.63) is 0 Å². The van der Waals surface area contributed by atoms with Crippen molar-refractivity contribution in [1.82, 2.24) is 0 Å². The molecule has 0 heterocycles. The van der Waals surface area contributed by atoms with E-state index in [1.807, 2.05) is 0 Å². The van der Waals surface area contributed by atoms with E-state index >= 15 is 0 Å². The fourth-order valence-corrected chi connectivity index (χ4v) is 0. The summed E-state index contributed by atoms with van der Waals surface area (Å²) in [6.45, 7) is 0. The zero-order chi connectivity index (χ0) is 2.00. The Balaban J connectivity index is -0.000000000500. The van der Waals surface area contributed by atoms with Crippen LogP contribution in [0.25, 0.3) is 0 Å². The predicted octanol–water partition coefficient (Wildman–Crippen LogP) is 3.43. The van der Waals surface area contributed by atoms with Gasteiger partial charge in [0, 0.05) is 0 Å². The van der Waals surface area contributed by atoms with Gasteiger partial charge in [0.05, 0.1) is 0 Å². The molecule has 0 aliphatic rings. The molecule has 0 aromatic heterocycles. The normalized spacial score (nSPS) is 0.286. The van der Waals surface area contributed by atoms with Crippen LogP contribution in [0.5, 0.6) is 0 Å². The molecule has 0 saturated heterocycles. The Morgan fingerprint density at radius 1 is 0.429 bits per heavy atom. The Kier molecular flexibility index (Phi) is 55200. The smallest absolute Gasteiger partial charge is 0.0776 e. The van der Waals surface area contributed by atoms with Crippen LogP contribution >= 0.6 is 0 Å². The zero-order valence-electron chi connectivity index (χ0n) is 1.15. The number of hydrogen-bond donors (Lipinski definition) is 0. The number of rotatable bonds is 0. The van der Waals surface area contributed by atoms with E-state index in [1.54, 1.807) is 0 Å². The molecule has 0 radical (unpaired) electrons. The van der Waals surface area contributed by atoms with E-state index in [1.165, 1.54) is 0 Å². The third-order valence-electron chi connectivity index (χ3n) is 0. The summed E-state index contributed by atoms with van der Waals surface area (Å²) in [7, 11) is 0. The first-order chi connectivity index (χ1) is 1.00. The summed E-state index contributed by atoms with van der Waals surface area (Å²) in [5.74, 6) is 0. The fourth-order valence-electron chi connectivity index (χ4n) is 0. The molecule has 0 atom stereocenters. The van der Waals surface area contributed by atoms with Crippen molar-refractivity contribution in [1.29, 1.82) is 0 Å². The SMILES string of the molecule is C.C.C.C.C.C#C. The Labute approximate surface area is 51.0 Å². The highest BCUT2D eigenvalue weighted by atomic mass is 12.6. The Hall–Kier alpha value is -0.440. The van der Waals surface area contributed by atoms with Crippen LogP contribution in [0.3, 0.4) is 0 Å². The summed E-state index contributed by atoms with van der Waals surface area (Å²) in [6.07, 6.45) is 8.00. The van der Waals surface area contributed by atoms with E-state index in [0.717, 1.165) is 0 Å². The van der Waals surface area contributed by atoms with Crippen LogP contribution in [0.1, 0.15) is 37.1 Å². The zero-order valence-corrected chi connectivity index (χ0v) is 1.15. The summed E-state index contributed by atoms with van der Waals surface area (Å²) >= 11 is 0. The van der Waals surface area contributed by atoms with Gasteiger partial charge in [-0.1, -0.05) is 37.1 Å². The number of hydrogen-bond acceptors (Lipinski definition) is 0. The van der Waals surface area contributed by atoms with Crippen molar-refractivity contribution in [2.45, 2.75) is 37.1 Å². The van der Waals surface area contributed by atoms with Gasteiger partial charge < -0.3 is 0 Å². The molecule has 0 spiro atoms. The van der Waals surface area contributed by atoms with Crippen LogP contribution in [0, 0.1) is 12.8 Å². The molecule has 0 heteroatoms. The minimum absolute atomic E-state index is 0. The van der Waals surface area contributed by atoms with E-state index < -0.39 is 0 Å². The first kappa shape index (κ1) is 647. The van der Waals surface area contributed by atoms with Gasteiger partial charge in [0.15, 0.2) is 0 Å². The van der Waals surface area contributed by atoms with Gasteiger partial charge >= 0.3 is 0 Å². The van der Waals surface area contributed by atoms with Crippen molar-refractivity contribution >= 4 is 0 Å². The molecule has 0 fully saturated rings. The second-order valence-corrected chi connectivity index (χ2v) is 0. The van der Waals surface area contributed by atoms with Crippen molar-refractivity contribution in [2.24, 2.45) is 0 Å². The second kappa shape index (κ2) is 597. The van der Waals surface area contributed by atoms with Crippen LogP contribution in [-0.2, 0) is 0 Å². The van der Waals surface area contributed by atoms with Crippen LogP contribution in [0.4, 0.5) is 0 Å². The van der Waals surface area contributed by atoms with Gasteiger partial charge in [-0.15, -0.1) is 12.8 Å². The molecule has 0 rings (SSSR count). The molecule has 0 unspecified atom stereocenters. The molecule has 0 aromatic carbocycles. The lowest BCUT2D eigenvalue weighted by molar-refractivity contribution is 2.50. The first-order valence-electron chi connectivity index (χ1n) is 0.333. The fraction of sp³-hybridized carbons (Fsp3) is 0.714. The summed E-state index contributed by atoms with van der Waals surface area (Å²) in [5, 5.41) is 0. The largest absolute Gasteiger partial charge is 0.124 e. The van der Waals surface area contributed by atoms with E-state index in [-0.39, 0.29) is 37.1 Å². The number of terminal acetylenes is 1. The maximum Gasteiger partial charge on any atom is -0.0776 e. The minimum atomic E-state index is 0. The average molecular weight is 106 g/mol. The van der Waals surface area contributed by atoms with Gasteiger partial charge in [0.2, 0.25) is 0 Å². The van der Waals surface area contributed by atoms with Crippen molar-refractivity contribution < 1.29 is 0 Å². The van der Waals surface area contributed by atoms with Crippen LogP contribution in [0.2, 0.25) is 0 Å². The minimum Gasteiger partial charge on any atom is -0.124 e. The van der Waals surface area contributed by atoms with E-state index in [9.17, 15) is 0 Å². The van der Waals surface area contributed by atoms with Gasteiger partial charge in [0.25, 0.3) is 0 Å². The standard InChI is InChI=1S/C2H2.5CH4/c1-2;;;;;/h1-2H;5*1H4. The molecule has 0 amide bonds. The van der Waals surface area contributed by atoms with Crippen LogP contribution in [-0.4, -0.2) is 0 Å². The third kappa shape index (κ3) is 364. The molecule has 50 valence electrons. The second-order valence-electron chi connectivity index (χ2n) is 0. The molecular weight excluding hydrogens is 84.1 g/mol. The first-order valence-corrected chi connectivity index (χ1v) is 0.333. The lowest BCUT2D eigenvalue weighted by Gasteiger charge is -0.701. The maximum atomic E-state index is 4.00. The van der Waals surface area contributed by atoms with Gasteiger partial charge in [-0.25, -0.2) is 0 Å². The summed E-state index contributed by atoms with van der Waals surface area (Å²) in [5.41, 5.74) is 0. The molecule has 0 aromatic rings. The molecule has 0 saturated carbocycles. The molecule has 0 bridgehead atoms. The molecule has 0 aliphatic carbocycles.